The van der Waals surface area contributed by atoms with Crippen molar-refractivity contribution in [1.82, 2.24) is 10.2 Å². The monoisotopic (exact) mass is 411 g/mol. The molecule has 2 aromatic rings. The first kappa shape index (κ1) is 16.8. The molecule has 2 aliphatic rings. The standard InChI is InChI=1S/C20H18BrN3O2/c1-12-2-4-13(5-3-12)10-16-20(26)24-11-17(22-18(21)19(24)23-16)14-6-8-15(25)9-7-14/h2-9,16,23,25H,10-11H2,1H3. The van der Waals surface area contributed by atoms with Gasteiger partial charge < -0.3 is 10.4 Å². The lowest BCUT2D eigenvalue weighted by atomic mass is 10.0. The number of hydrogen-bond donors (Lipinski definition) is 2. The Morgan fingerprint density at radius 3 is 2.58 bits per heavy atom. The van der Waals surface area contributed by atoms with Crippen molar-refractivity contribution in [2.45, 2.75) is 19.4 Å². The normalized spacial score (nSPS) is 19.3. The molecule has 0 bridgehead atoms. The number of phenolic OH excluding ortho intramolecular Hbond substituents is 1. The van der Waals surface area contributed by atoms with Crippen molar-refractivity contribution in [3.8, 4) is 5.75 Å². The molecular formula is C20H18BrN3O2. The first-order valence-corrected chi connectivity index (χ1v) is 9.21. The third kappa shape index (κ3) is 3.12. The number of carbonyl (C=O) groups is 1. The Kier molecular flexibility index (Phi) is 4.28. The number of nitrogens with one attached hydrogen (secondary N) is 1. The Bertz CT molecular complexity index is 917. The van der Waals surface area contributed by atoms with E-state index in [1.54, 1.807) is 29.2 Å². The maximum absolute atomic E-state index is 12.9. The van der Waals surface area contributed by atoms with Crippen molar-refractivity contribution in [2.24, 2.45) is 4.99 Å². The van der Waals surface area contributed by atoms with E-state index in [-0.39, 0.29) is 17.7 Å². The minimum absolute atomic E-state index is 0.0451. The number of hydrogen-bond acceptors (Lipinski definition) is 4. The van der Waals surface area contributed by atoms with Crippen LogP contribution < -0.4 is 5.32 Å². The second-order valence-corrected chi connectivity index (χ2v) is 7.31. The molecule has 132 valence electrons. The number of halogens is 1. The fourth-order valence-corrected chi connectivity index (χ4v) is 3.74. The van der Waals surface area contributed by atoms with Gasteiger partial charge in [-0.05, 0) is 58.2 Å². The van der Waals surface area contributed by atoms with Gasteiger partial charge in [0.1, 0.15) is 22.2 Å². The van der Waals surface area contributed by atoms with Gasteiger partial charge >= 0.3 is 0 Å². The molecule has 6 heteroatoms. The zero-order chi connectivity index (χ0) is 18.3. The Labute approximate surface area is 160 Å². The molecule has 0 spiro atoms. The topological polar surface area (TPSA) is 64.9 Å². The molecule has 2 N–H and O–H groups in total. The van der Waals surface area contributed by atoms with Crippen LogP contribution in [0.25, 0.3) is 0 Å². The van der Waals surface area contributed by atoms with E-state index in [2.05, 4.69) is 50.5 Å². The summed E-state index contributed by atoms with van der Waals surface area (Å²) in [5, 5.41) is 12.8. The van der Waals surface area contributed by atoms with E-state index in [0.717, 1.165) is 22.7 Å². The molecule has 0 radical (unpaired) electrons. The quantitative estimate of drug-likeness (QED) is 0.762. The largest absolute Gasteiger partial charge is 0.508 e. The van der Waals surface area contributed by atoms with Gasteiger partial charge in [-0.3, -0.25) is 9.69 Å². The van der Waals surface area contributed by atoms with Crippen molar-refractivity contribution in [3.63, 3.8) is 0 Å². The SMILES string of the molecule is Cc1ccc(CC2NC3=C(Br)N=C(c4ccc(O)cc4)CN3C2=O)cc1. The molecule has 1 atom stereocenters. The summed E-state index contributed by atoms with van der Waals surface area (Å²) in [7, 11) is 0. The molecule has 26 heavy (non-hydrogen) atoms. The first-order valence-electron chi connectivity index (χ1n) is 8.41. The Hall–Kier alpha value is -2.60. The summed E-state index contributed by atoms with van der Waals surface area (Å²) in [5.41, 5.74) is 3.99. The van der Waals surface area contributed by atoms with Gasteiger partial charge in [-0.1, -0.05) is 29.8 Å². The second-order valence-electron chi connectivity index (χ2n) is 6.56. The number of carbonyl (C=O) groups excluding carboxylic acids is 1. The Morgan fingerprint density at radius 1 is 1.19 bits per heavy atom. The summed E-state index contributed by atoms with van der Waals surface area (Å²) in [6, 6.07) is 14.8. The minimum Gasteiger partial charge on any atom is -0.508 e. The van der Waals surface area contributed by atoms with Crippen LogP contribution in [0.15, 0.2) is 64.0 Å². The Balaban J connectivity index is 1.55. The van der Waals surface area contributed by atoms with Gasteiger partial charge in [-0.2, -0.15) is 0 Å². The maximum atomic E-state index is 12.9. The number of benzene rings is 2. The number of amides is 1. The van der Waals surface area contributed by atoms with Crippen LogP contribution in [0.1, 0.15) is 16.7 Å². The van der Waals surface area contributed by atoms with Crippen LogP contribution in [0.5, 0.6) is 5.75 Å². The van der Waals surface area contributed by atoms with Gasteiger partial charge in [0, 0.05) is 6.42 Å². The highest BCUT2D eigenvalue weighted by molar-refractivity contribution is 9.11. The highest BCUT2D eigenvalue weighted by atomic mass is 79.9. The van der Waals surface area contributed by atoms with E-state index >= 15 is 0 Å². The van der Waals surface area contributed by atoms with Crippen molar-refractivity contribution < 1.29 is 9.90 Å². The average molecular weight is 412 g/mol. The predicted octanol–water partition coefficient (Wildman–Crippen LogP) is 3.07. The summed E-state index contributed by atoms with van der Waals surface area (Å²) < 4.78 is 0.617. The number of fused-ring (bicyclic) bond motifs is 1. The first-order chi connectivity index (χ1) is 12.5. The third-order valence-electron chi connectivity index (χ3n) is 4.64. The van der Waals surface area contributed by atoms with Gasteiger partial charge in [0.25, 0.3) is 5.91 Å². The molecule has 1 amide bonds. The zero-order valence-electron chi connectivity index (χ0n) is 14.2. The lowest BCUT2D eigenvalue weighted by Gasteiger charge is -2.23. The van der Waals surface area contributed by atoms with Gasteiger partial charge in [-0.25, -0.2) is 4.99 Å². The van der Waals surface area contributed by atoms with Gasteiger partial charge in [-0.15, -0.1) is 0 Å². The number of phenols is 1. The predicted molar refractivity (Wildman–Crippen MR) is 104 cm³/mol. The number of aryl methyl sites for hydroxylation is 1. The van der Waals surface area contributed by atoms with E-state index in [1.807, 2.05) is 6.92 Å². The fourth-order valence-electron chi connectivity index (χ4n) is 3.20. The number of rotatable bonds is 3. The molecule has 2 aromatic carbocycles. The van der Waals surface area contributed by atoms with Crippen LogP contribution in [0.4, 0.5) is 0 Å². The lowest BCUT2D eigenvalue weighted by molar-refractivity contribution is -0.127. The van der Waals surface area contributed by atoms with Gasteiger partial charge in [0.05, 0.1) is 12.3 Å². The maximum Gasteiger partial charge on any atom is 0.251 e. The summed E-state index contributed by atoms with van der Waals surface area (Å²) in [5.74, 6) is 0.968. The Morgan fingerprint density at radius 2 is 1.88 bits per heavy atom. The highest BCUT2D eigenvalue weighted by Gasteiger charge is 2.39. The molecule has 2 heterocycles. The van der Waals surface area contributed by atoms with Crippen molar-refractivity contribution in [3.05, 3.63) is 75.6 Å². The van der Waals surface area contributed by atoms with Gasteiger partial charge in [0.15, 0.2) is 0 Å². The lowest BCUT2D eigenvalue weighted by Crippen LogP contribution is -2.36. The van der Waals surface area contributed by atoms with E-state index in [4.69, 9.17) is 0 Å². The van der Waals surface area contributed by atoms with Crippen LogP contribution in [0, 0.1) is 6.92 Å². The smallest absolute Gasteiger partial charge is 0.251 e. The zero-order valence-corrected chi connectivity index (χ0v) is 15.8. The molecular weight excluding hydrogens is 394 g/mol. The molecule has 2 aliphatic heterocycles. The average Bonchev–Trinajstić information content (AvgIpc) is 2.94. The van der Waals surface area contributed by atoms with E-state index in [1.165, 1.54) is 5.56 Å². The fraction of sp³-hybridized carbons (Fsp3) is 0.200. The summed E-state index contributed by atoms with van der Waals surface area (Å²) >= 11 is 3.48. The molecule has 5 nitrogen and oxygen atoms in total. The van der Waals surface area contributed by atoms with Crippen LogP contribution in [-0.2, 0) is 11.2 Å². The van der Waals surface area contributed by atoms with Crippen molar-refractivity contribution >= 4 is 27.5 Å². The summed E-state index contributed by atoms with van der Waals surface area (Å²) in [6.45, 7) is 2.46. The number of aromatic hydroxyl groups is 1. The second kappa shape index (κ2) is 6.61. The highest BCUT2D eigenvalue weighted by Crippen LogP contribution is 2.29. The van der Waals surface area contributed by atoms with Crippen LogP contribution in [-0.4, -0.2) is 34.2 Å². The molecule has 1 fully saturated rings. The van der Waals surface area contributed by atoms with Crippen LogP contribution in [0.3, 0.4) is 0 Å². The van der Waals surface area contributed by atoms with Crippen molar-refractivity contribution in [1.29, 1.82) is 0 Å². The minimum atomic E-state index is -0.297. The van der Waals surface area contributed by atoms with E-state index < -0.39 is 0 Å². The molecule has 4 rings (SSSR count). The summed E-state index contributed by atoms with van der Waals surface area (Å²) in [4.78, 5) is 19.2. The van der Waals surface area contributed by atoms with Gasteiger partial charge in [0.2, 0.25) is 0 Å². The summed E-state index contributed by atoms with van der Waals surface area (Å²) in [6.07, 6.45) is 0.633. The number of aliphatic imine (C=N–C) groups is 1. The molecule has 1 saturated heterocycles. The molecule has 0 aromatic heterocycles. The van der Waals surface area contributed by atoms with E-state index in [0.29, 0.717) is 17.6 Å². The third-order valence-corrected chi connectivity index (χ3v) is 5.20. The molecule has 1 unspecified atom stereocenters. The van der Waals surface area contributed by atoms with Crippen molar-refractivity contribution in [2.75, 3.05) is 6.54 Å². The van der Waals surface area contributed by atoms with Crippen LogP contribution in [0.2, 0.25) is 0 Å². The van der Waals surface area contributed by atoms with Crippen LogP contribution >= 0.6 is 15.9 Å². The molecule has 0 saturated carbocycles. The molecule has 0 aliphatic carbocycles. The number of nitrogens with zero attached hydrogens (tertiary/aromatic N) is 2. The van der Waals surface area contributed by atoms with E-state index in [9.17, 15) is 9.90 Å².